The van der Waals surface area contributed by atoms with E-state index in [4.69, 9.17) is 4.74 Å². The van der Waals surface area contributed by atoms with Gasteiger partial charge in [0.05, 0.1) is 6.61 Å². The Balaban J connectivity index is 2.54. The molecule has 1 N–H and O–H groups in total. The van der Waals surface area contributed by atoms with Gasteiger partial charge in [-0.1, -0.05) is 13.8 Å². The minimum atomic E-state index is -3.53. The summed E-state index contributed by atoms with van der Waals surface area (Å²) in [6, 6.07) is 2.78. The number of benzene rings is 1. The summed E-state index contributed by atoms with van der Waals surface area (Å²) in [6.45, 7) is 6.04. The lowest BCUT2D eigenvalue weighted by Crippen LogP contribution is -2.20. The van der Waals surface area contributed by atoms with Gasteiger partial charge in [0.15, 0.2) is 9.84 Å². The number of carbonyl (C=O) groups is 1. The van der Waals surface area contributed by atoms with Crippen molar-refractivity contribution >= 4 is 15.6 Å². The van der Waals surface area contributed by atoms with Crippen LogP contribution in [0.3, 0.4) is 0 Å². The number of rotatable bonds is 7. The van der Waals surface area contributed by atoms with Gasteiger partial charge in [0.2, 0.25) is 5.78 Å². The van der Waals surface area contributed by atoms with Crippen molar-refractivity contribution in [3.8, 4) is 5.75 Å². The van der Waals surface area contributed by atoms with Gasteiger partial charge in [0.1, 0.15) is 16.2 Å². The zero-order valence-corrected chi connectivity index (χ0v) is 16.4. The SMILES string of the molecule is Cc1c(C(=O)c2c[nH]n(C)c2=O)ccc(S(C)(=O)=O)c1OCCC(C)C. The highest BCUT2D eigenvalue weighted by Gasteiger charge is 2.24. The van der Waals surface area contributed by atoms with Gasteiger partial charge in [-0.05, 0) is 31.4 Å². The smallest absolute Gasteiger partial charge is 0.277 e. The first kappa shape index (κ1) is 20.0. The van der Waals surface area contributed by atoms with Crippen LogP contribution in [-0.2, 0) is 16.9 Å². The van der Waals surface area contributed by atoms with Crippen molar-refractivity contribution in [1.82, 2.24) is 9.78 Å². The van der Waals surface area contributed by atoms with E-state index in [0.717, 1.165) is 12.7 Å². The molecule has 142 valence electrons. The molecular weight excluding hydrogens is 356 g/mol. The molecule has 0 aliphatic heterocycles. The minimum absolute atomic E-state index is 0.00386. The van der Waals surface area contributed by atoms with E-state index < -0.39 is 21.2 Å². The van der Waals surface area contributed by atoms with E-state index in [1.807, 2.05) is 13.8 Å². The highest BCUT2D eigenvalue weighted by Crippen LogP contribution is 2.31. The summed E-state index contributed by atoms with van der Waals surface area (Å²) in [7, 11) is -2.01. The molecule has 0 aliphatic rings. The molecule has 1 aromatic carbocycles. The fourth-order valence-corrected chi connectivity index (χ4v) is 3.42. The van der Waals surface area contributed by atoms with Gasteiger partial charge >= 0.3 is 0 Å². The van der Waals surface area contributed by atoms with E-state index in [9.17, 15) is 18.0 Å². The van der Waals surface area contributed by atoms with Crippen molar-refractivity contribution in [1.29, 1.82) is 0 Å². The second-order valence-electron chi connectivity index (χ2n) is 6.75. The van der Waals surface area contributed by atoms with Gasteiger partial charge in [-0.3, -0.25) is 14.3 Å². The molecule has 0 fully saturated rings. The fraction of sp³-hybridized carbons (Fsp3) is 0.444. The lowest BCUT2D eigenvalue weighted by Gasteiger charge is -2.16. The number of H-pyrrole nitrogens is 1. The Labute approximate surface area is 152 Å². The van der Waals surface area contributed by atoms with Crippen molar-refractivity contribution in [2.75, 3.05) is 12.9 Å². The fourth-order valence-electron chi connectivity index (χ4n) is 2.55. The predicted molar refractivity (Wildman–Crippen MR) is 98.7 cm³/mol. The number of nitrogens with zero attached hydrogens (tertiary/aromatic N) is 1. The van der Waals surface area contributed by atoms with E-state index in [1.165, 1.54) is 30.1 Å². The first-order chi connectivity index (χ1) is 12.0. The highest BCUT2D eigenvalue weighted by atomic mass is 32.2. The van der Waals surface area contributed by atoms with E-state index in [1.54, 1.807) is 6.92 Å². The molecule has 0 unspecified atom stereocenters. The summed E-state index contributed by atoms with van der Waals surface area (Å²) in [4.78, 5) is 24.8. The normalized spacial score (nSPS) is 11.8. The van der Waals surface area contributed by atoms with Gasteiger partial charge in [0.25, 0.3) is 5.56 Å². The van der Waals surface area contributed by atoms with Crippen LogP contribution in [0.15, 0.2) is 28.0 Å². The second kappa shape index (κ2) is 7.49. The van der Waals surface area contributed by atoms with Crippen LogP contribution in [0.5, 0.6) is 5.75 Å². The second-order valence-corrected chi connectivity index (χ2v) is 8.73. The van der Waals surface area contributed by atoms with Gasteiger partial charge in [-0.2, -0.15) is 0 Å². The Hall–Kier alpha value is -2.35. The molecule has 0 atom stereocenters. The number of carbonyl (C=O) groups excluding carboxylic acids is 1. The third-order valence-corrected chi connectivity index (χ3v) is 5.26. The number of aryl methyl sites for hydroxylation is 1. The maximum absolute atomic E-state index is 12.8. The number of aromatic nitrogens is 2. The number of aromatic amines is 1. The molecule has 26 heavy (non-hydrogen) atoms. The van der Waals surface area contributed by atoms with Gasteiger partial charge in [0, 0.05) is 30.6 Å². The predicted octanol–water partition coefficient (Wildman–Crippen LogP) is 2.08. The minimum Gasteiger partial charge on any atom is -0.492 e. The molecule has 2 aromatic rings. The maximum Gasteiger partial charge on any atom is 0.277 e. The van der Waals surface area contributed by atoms with Crippen LogP contribution in [0.1, 0.15) is 41.8 Å². The number of hydrogen-bond acceptors (Lipinski definition) is 5. The molecule has 0 aliphatic carbocycles. The molecule has 7 nitrogen and oxygen atoms in total. The highest BCUT2D eigenvalue weighted by molar-refractivity contribution is 7.90. The van der Waals surface area contributed by atoms with Crippen molar-refractivity contribution in [3.63, 3.8) is 0 Å². The number of hydrogen-bond donors (Lipinski definition) is 1. The van der Waals surface area contributed by atoms with Crippen LogP contribution < -0.4 is 10.3 Å². The summed E-state index contributed by atoms with van der Waals surface area (Å²) in [5.41, 5.74) is 0.207. The lowest BCUT2D eigenvalue weighted by molar-refractivity contribution is 0.103. The Morgan fingerprint density at radius 2 is 1.92 bits per heavy atom. The standard InChI is InChI=1S/C18H24N2O5S/c1-11(2)8-9-25-17-12(3)13(6-7-15(17)26(5,23)24)16(21)14-10-19-20(4)18(14)22/h6-7,10-11,19H,8-9H2,1-5H3. The first-order valence-electron chi connectivity index (χ1n) is 8.29. The quantitative estimate of drug-likeness (QED) is 0.742. The van der Waals surface area contributed by atoms with E-state index in [0.29, 0.717) is 18.1 Å². The van der Waals surface area contributed by atoms with Crippen molar-refractivity contribution in [2.24, 2.45) is 13.0 Å². The Bertz CT molecular complexity index is 983. The third-order valence-electron chi connectivity index (χ3n) is 4.14. The average molecular weight is 380 g/mol. The zero-order valence-electron chi connectivity index (χ0n) is 15.6. The molecule has 0 amide bonds. The van der Waals surface area contributed by atoms with E-state index in [2.05, 4.69) is 5.10 Å². The van der Waals surface area contributed by atoms with Crippen LogP contribution in [0.2, 0.25) is 0 Å². The van der Waals surface area contributed by atoms with Crippen LogP contribution in [0.25, 0.3) is 0 Å². The number of sulfone groups is 1. The molecule has 2 rings (SSSR count). The van der Waals surface area contributed by atoms with Gasteiger partial charge in [-0.15, -0.1) is 0 Å². The Morgan fingerprint density at radius 3 is 2.42 bits per heavy atom. The summed E-state index contributed by atoms with van der Waals surface area (Å²) in [5.74, 6) is 0.0918. The maximum atomic E-state index is 12.8. The van der Waals surface area contributed by atoms with Crippen LogP contribution in [0, 0.1) is 12.8 Å². The molecule has 0 spiro atoms. The van der Waals surface area contributed by atoms with Crippen LogP contribution in [-0.4, -0.2) is 36.8 Å². The monoisotopic (exact) mass is 380 g/mol. The zero-order chi connectivity index (χ0) is 19.6. The topological polar surface area (TPSA) is 98.2 Å². The molecule has 8 heteroatoms. The lowest BCUT2D eigenvalue weighted by atomic mass is 10.00. The third kappa shape index (κ3) is 4.07. The molecular formula is C18H24N2O5S. The molecule has 0 saturated carbocycles. The van der Waals surface area contributed by atoms with Gasteiger partial charge < -0.3 is 9.84 Å². The van der Waals surface area contributed by atoms with Crippen molar-refractivity contribution < 1.29 is 17.9 Å². The molecule has 1 heterocycles. The summed E-state index contributed by atoms with van der Waals surface area (Å²) >= 11 is 0. The van der Waals surface area contributed by atoms with Gasteiger partial charge in [-0.25, -0.2) is 8.42 Å². The molecule has 1 aromatic heterocycles. The number of ether oxygens (including phenoxy) is 1. The summed E-state index contributed by atoms with van der Waals surface area (Å²) in [5, 5.41) is 2.66. The Kier molecular flexibility index (Phi) is 5.75. The molecule has 0 bridgehead atoms. The van der Waals surface area contributed by atoms with Crippen LogP contribution in [0.4, 0.5) is 0 Å². The van der Waals surface area contributed by atoms with E-state index >= 15 is 0 Å². The average Bonchev–Trinajstić information content (AvgIpc) is 2.86. The van der Waals surface area contributed by atoms with Crippen LogP contribution >= 0.6 is 0 Å². The summed E-state index contributed by atoms with van der Waals surface area (Å²) in [6.07, 6.45) is 3.19. The van der Waals surface area contributed by atoms with E-state index in [-0.39, 0.29) is 21.8 Å². The van der Waals surface area contributed by atoms with Crippen molar-refractivity contribution in [2.45, 2.75) is 32.1 Å². The molecule has 0 saturated heterocycles. The number of nitrogens with one attached hydrogen (secondary N) is 1. The van der Waals surface area contributed by atoms with Crippen molar-refractivity contribution in [3.05, 3.63) is 45.4 Å². The summed E-state index contributed by atoms with van der Waals surface area (Å²) < 4.78 is 31.1. The first-order valence-corrected chi connectivity index (χ1v) is 10.2. The Morgan fingerprint density at radius 1 is 1.27 bits per heavy atom. The molecule has 0 radical (unpaired) electrons. The number of ketones is 1. The largest absolute Gasteiger partial charge is 0.492 e.